The highest BCUT2D eigenvalue weighted by Crippen LogP contribution is 2.40. The van der Waals surface area contributed by atoms with E-state index in [-0.39, 0.29) is 5.91 Å². The Balaban J connectivity index is 1.31. The van der Waals surface area contributed by atoms with Crippen LogP contribution in [-0.2, 0) is 19.3 Å². The fraction of sp³-hybridized carbons (Fsp3) is 0.217. The minimum absolute atomic E-state index is 0.00564. The number of amides is 1. The molecular formula is C23H19N5OS. The van der Waals surface area contributed by atoms with Crippen molar-refractivity contribution in [2.75, 3.05) is 16.8 Å². The van der Waals surface area contributed by atoms with Crippen molar-refractivity contribution in [2.24, 2.45) is 0 Å². The molecule has 3 aromatic heterocycles. The van der Waals surface area contributed by atoms with Crippen LogP contribution in [0.1, 0.15) is 32.8 Å². The summed E-state index contributed by atoms with van der Waals surface area (Å²) in [5, 5.41) is 4.68. The van der Waals surface area contributed by atoms with Crippen molar-refractivity contribution in [2.45, 2.75) is 25.7 Å². The summed E-state index contributed by atoms with van der Waals surface area (Å²) in [4.78, 5) is 30.3. The van der Waals surface area contributed by atoms with Crippen LogP contribution in [0.5, 0.6) is 0 Å². The zero-order chi connectivity index (χ0) is 20.1. The van der Waals surface area contributed by atoms with Crippen LogP contribution in [0.25, 0.3) is 10.2 Å². The molecule has 1 aliphatic carbocycles. The van der Waals surface area contributed by atoms with E-state index in [0.717, 1.165) is 46.8 Å². The SMILES string of the molecule is O=C(c1cccnc1)N1CCc2cc(Nc3ncnc4sc5c(c34)CCC5)ccc21. The van der Waals surface area contributed by atoms with Gasteiger partial charge >= 0.3 is 0 Å². The van der Waals surface area contributed by atoms with Gasteiger partial charge in [0, 0.05) is 35.2 Å². The third kappa shape index (κ3) is 2.77. The molecule has 0 spiro atoms. The number of hydrogen-bond acceptors (Lipinski definition) is 6. The first-order chi connectivity index (χ1) is 14.8. The topological polar surface area (TPSA) is 71.0 Å². The van der Waals surface area contributed by atoms with Gasteiger partial charge in [0.2, 0.25) is 0 Å². The van der Waals surface area contributed by atoms with E-state index in [2.05, 4.69) is 26.3 Å². The Hall–Kier alpha value is -3.32. The molecule has 4 aromatic rings. The summed E-state index contributed by atoms with van der Waals surface area (Å²) in [6.07, 6.45) is 9.24. The van der Waals surface area contributed by atoms with Gasteiger partial charge in [0.1, 0.15) is 17.0 Å². The first-order valence-corrected chi connectivity index (χ1v) is 11.0. The van der Waals surface area contributed by atoms with Gasteiger partial charge in [-0.15, -0.1) is 11.3 Å². The molecule has 0 saturated heterocycles. The van der Waals surface area contributed by atoms with Crippen LogP contribution in [0.15, 0.2) is 49.1 Å². The predicted molar refractivity (Wildman–Crippen MR) is 119 cm³/mol. The number of thiophene rings is 1. The van der Waals surface area contributed by atoms with E-state index >= 15 is 0 Å². The standard InChI is InChI=1S/C23H19N5OS/c29-23(15-3-2-9-24-12-15)28-10-8-14-11-16(6-7-18(14)28)27-21-20-17-4-1-5-19(17)30-22(20)26-13-25-21/h2-3,6-7,9,11-13H,1,4-5,8,10H2,(H,25,26,27). The molecule has 30 heavy (non-hydrogen) atoms. The van der Waals surface area contributed by atoms with E-state index in [0.29, 0.717) is 12.1 Å². The molecule has 0 bridgehead atoms. The summed E-state index contributed by atoms with van der Waals surface area (Å²) in [6, 6.07) is 9.78. The highest BCUT2D eigenvalue weighted by atomic mass is 32.1. The Kier molecular flexibility index (Phi) is 4.02. The van der Waals surface area contributed by atoms with E-state index in [1.165, 1.54) is 22.2 Å². The average molecular weight is 414 g/mol. The molecule has 0 unspecified atom stereocenters. The van der Waals surface area contributed by atoms with Crippen LogP contribution in [-0.4, -0.2) is 27.4 Å². The van der Waals surface area contributed by atoms with Gasteiger partial charge in [0.05, 0.1) is 10.9 Å². The summed E-state index contributed by atoms with van der Waals surface area (Å²) in [7, 11) is 0. The smallest absolute Gasteiger partial charge is 0.259 e. The second-order valence-corrected chi connectivity index (χ2v) is 8.76. The number of nitrogens with one attached hydrogen (secondary N) is 1. The lowest BCUT2D eigenvalue weighted by Crippen LogP contribution is -2.28. The Morgan fingerprint density at radius 3 is 3.00 bits per heavy atom. The second kappa shape index (κ2) is 6.88. The van der Waals surface area contributed by atoms with Crippen molar-refractivity contribution < 1.29 is 4.79 Å². The summed E-state index contributed by atoms with van der Waals surface area (Å²) in [6.45, 7) is 0.683. The van der Waals surface area contributed by atoms with Gasteiger partial charge in [-0.3, -0.25) is 9.78 Å². The molecule has 148 valence electrons. The lowest BCUT2D eigenvalue weighted by atomic mass is 10.1. The lowest BCUT2D eigenvalue weighted by Gasteiger charge is -2.17. The molecule has 0 saturated carbocycles. The molecule has 0 radical (unpaired) electrons. The van der Waals surface area contributed by atoms with Crippen LogP contribution in [0, 0.1) is 0 Å². The lowest BCUT2D eigenvalue weighted by molar-refractivity contribution is 0.0989. The molecule has 1 aliphatic heterocycles. The number of pyridine rings is 1. The number of benzene rings is 1. The van der Waals surface area contributed by atoms with Crippen molar-refractivity contribution in [3.05, 3.63) is 70.6 Å². The molecule has 0 atom stereocenters. The molecular weight excluding hydrogens is 394 g/mol. The van der Waals surface area contributed by atoms with E-state index in [1.54, 1.807) is 36.1 Å². The maximum absolute atomic E-state index is 12.9. The van der Waals surface area contributed by atoms with Crippen molar-refractivity contribution in [3.63, 3.8) is 0 Å². The second-order valence-electron chi connectivity index (χ2n) is 7.68. The predicted octanol–water partition coefficient (Wildman–Crippen LogP) is 4.52. The minimum atomic E-state index is -0.00564. The van der Waals surface area contributed by atoms with E-state index in [1.807, 2.05) is 23.1 Å². The van der Waals surface area contributed by atoms with Gasteiger partial charge in [-0.2, -0.15) is 0 Å². The highest BCUT2D eigenvalue weighted by Gasteiger charge is 2.26. The summed E-state index contributed by atoms with van der Waals surface area (Å²) in [5.74, 6) is 0.870. The quantitative estimate of drug-likeness (QED) is 0.535. The zero-order valence-electron chi connectivity index (χ0n) is 16.3. The normalized spacial score (nSPS) is 14.7. The number of rotatable bonds is 3. The fourth-order valence-corrected chi connectivity index (χ4v) is 5.72. The molecule has 1 amide bonds. The van der Waals surface area contributed by atoms with Gasteiger partial charge in [-0.1, -0.05) is 0 Å². The van der Waals surface area contributed by atoms with Gasteiger partial charge in [0.15, 0.2) is 0 Å². The van der Waals surface area contributed by atoms with Crippen LogP contribution in [0.3, 0.4) is 0 Å². The number of aromatic nitrogens is 3. The third-order valence-electron chi connectivity index (χ3n) is 5.89. The number of fused-ring (bicyclic) bond motifs is 4. The highest BCUT2D eigenvalue weighted by molar-refractivity contribution is 7.19. The van der Waals surface area contributed by atoms with Crippen LogP contribution in [0.4, 0.5) is 17.2 Å². The minimum Gasteiger partial charge on any atom is -0.340 e. The zero-order valence-corrected chi connectivity index (χ0v) is 17.1. The van der Waals surface area contributed by atoms with Crippen molar-refractivity contribution in [3.8, 4) is 0 Å². The van der Waals surface area contributed by atoms with Crippen LogP contribution >= 0.6 is 11.3 Å². The van der Waals surface area contributed by atoms with E-state index in [4.69, 9.17) is 0 Å². The van der Waals surface area contributed by atoms with Gasteiger partial charge in [0.25, 0.3) is 5.91 Å². The van der Waals surface area contributed by atoms with Gasteiger partial charge < -0.3 is 10.2 Å². The molecule has 7 heteroatoms. The largest absolute Gasteiger partial charge is 0.340 e. The first kappa shape index (κ1) is 17.5. The van der Waals surface area contributed by atoms with Crippen molar-refractivity contribution in [1.82, 2.24) is 15.0 Å². The number of carbonyl (C=O) groups excluding carboxylic acids is 1. The van der Waals surface area contributed by atoms with Crippen LogP contribution < -0.4 is 10.2 Å². The number of hydrogen-bond donors (Lipinski definition) is 1. The molecule has 0 fully saturated rings. The number of aryl methyl sites for hydroxylation is 2. The van der Waals surface area contributed by atoms with E-state index < -0.39 is 0 Å². The Morgan fingerprint density at radius 1 is 1.13 bits per heavy atom. The molecule has 1 N–H and O–H groups in total. The summed E-state index contributed by atoms with van der Waals surface area (Å²) >= 11 is 1.79. The van der Waals surface area contributed by atoms with E-state index in [9.17, 15) is 4.79 Å². The molecule has 6 rings (SSSR count). The molecule has 2 aliphatic rings. The third-order valence-corrected chi connectivity index (χ3v) is 7.09. The summed E-state index contributed by atoms with van der Waals surface area (Å²) in [5.41, 5.74) is 5.15. The number of carbonyl (C=O) groups is 1. The maximum Gasteiger partial charge on any atom is 0.259 e. The average Bonchev–Trinajstić information content (AvgIpc) is 3.48. The fourth-order valence-electron chi connectivity index (χ4n) is 4.50. The number of anilines is 3. The monoisotopic (exact) mass is 413 g/mol. The Labute approximate surface area is 177 Å². The van der Waals surface area contributed by atoms with Gasteiger partial charge in [-0.05, 0) is 67.1 Å². The maximum atomic E-state index is 12.9. The Morgan fingerprint density at radius 2 is 2.10 bits per heavy atom. The molecule has 6 nitrogen and oxygen atoms in total. The number of nitrogens with zero attached hydrogens (tertiary/aromatic N) is 4. The van der Waals surface area contributed by atoms with Crippen LogP contribution in [0.2, 0.25) is 0 Å². The van der Waals surface area contributed by atoms with Crippen molar-refractivity contribution >= 4 is 44.7 Å². The molecule has 4 heterocycles. The molecule has 1 aromatic carbocycles. The summed E-state index contributed by atoms with van der Waals surface area (Å²) < 4.78 is 0. The first-order valence-electron chi connectivity index (χ1n) is 10.1. The van der Waals surface area contributed by atoms with Crippen molar-refractivity contribution in [1.29, 1.82) is 0 Å². The van der Waals surface area contributed by atoms with Gasteiger partial charge in [-0.25, -0.2) is 9.97 Å². The Bertz CT molecular complexity index is 1280.